The summed E-state index contributed by atoms with van der Waals surface area (Å²) in [4.78, 5) is 19.9. The standard InChI is InChI=1S/C10H14N2O2S/c1-2-14-12-10(13)8-15-7-9-4-3-5-11-6-9/h3-6H,2,7-8H2,1H3,(H,12,13). The zero-order valence-electron chi connectivity index (χ0n) is 8.60. The zero-order valence-corrected chi connectivity index (χ0v) is 9.42. The number of thioether (sulfide) groups is 1. The molecule has 15 heavy (non-hydrogen) atoms. The van der Waals surface area contributed by atoms with E-state index in [4.69, 9.17) is 4.84 Å². The topological polar surface area (TPSA) is 51.2 Å². The Balaban J connectivity index is 2.14. The molecule has 4 nitrogen and oxygen atoms in total. The summed E-state index contributed by atoms with van der Waals surface area (Å²) in [5.41, 5.74) is 3.46. The number of carbonyl (C=O) groups excluding carboxylic acids is 1. The molecule has 1 amide bonds. The Morgan fingerprint density at radius 1 is 1.67 bits per heavy atom. The Bertz CT molecular complexity index is 293. The van der Waals surface area contributed by atoms with Crippen molar-refractivity contribution in [3.8, 4) is 0 Å². The maximum Gasteiger partial charge on any atom is 0.253 e. The number of nitrogens with one attached hydrogen (secondary N) is 1. The van der Waals surface area contributed by atoms with Crippen LogP contribution in [0.5, 0.6) is 0 Å². The average molecular weight is 226 g/mol. The number of hydrogen-bond donors (Lipinski definition) is 1. The molecule has 1 aromatic rings. The Kier molecular flexibility index (Phi) is 5.80. The maximum atomic E-state index is 11.1. The molecule has 0 aliphatic rings. The molecule has 0 radical (unpaired) electrons. The van der Waals surface area contributed by atoms with E-state index in [0.717, 1.165) is 11.3 Å². The van der Waals surface area contributed by atoms with Crippen LogP contribution >= 0.6 is 11.8 Å². The number of pyridine rings is 1. The van der Waals surface area contributed by atoms with E-state index in [2.05, 4.69) is 10.5 Å². The van der Waals surface area contributed by atoms with Gasteiger partial charge in [-0.3, -0.25) is 14.6 Å². The van der Waals surface area contributed by atoms with Gasteiger partial charge in [-0.2, -0.15) is 0 Å². The minimum Gasteiger partial charge on any atom is -0.274 e. The third-order valence-corrected chi connectivity index (χ3v) is 2.56. The summed E-state index contributed by atoms with van der Waals surface area (Å²) in [6.45, 7) is 2.31. The number of amides is 1. The number of carbonyl (C=O) groups is 1. The minimum absolute atomic E-state index is 0.106. The van der Waals surface area contributed by atoms with Gasteiger partial charge in [-0.05, 0) is 18.6 Å². The fourth-order valence-corrected chi connectivity index (χ4v) is 1.68. The van der Waals surface area contributed by atoms with Crippen LogP contribution in [0.4, 0.5) is 0 Å². The Morgan fingerprint density at radius 2 is 2.53 bits per heavy atom. The van der Waals surface area contributed by atoms with Gasteiger partial charge in [0.05, 0.1) is 12.4 Å². The summed E-state index contributed by atoms with van der Waals surface area (Å²) < 4.78 is 0. The second-order valence-corrected chi connectivity index (χ2v) is 3.80. The number of aromatic nitrogens is 1. The molecular formula is C10H14N2O2S. The van der Waals surface area contributed by atoms with Crippen molar-refractivity contribution < 1.29 is 9.63 Å². The van der Waals surface area contributed by atoms with E-state index in [1.807, 2.05) is 19.1 Å². The molecule has 0 unspecified atom stereocenters. The van der Waals surface area contributed by atoms with Crippen LogP contribution in [0, 0.1) is 0 Å². The van der Waals surface area contributed by atoms with Gasteiger partial charge in [-0.15, -0.1) is 11.8 Å². The molecule has 0 saturated carbocycles. The first-order valence-corrected chi connectivity index (χ1v) is 5.85. The predicted octanol–water partition coefficient (Wildman–Crippen LogP) is 1.38. The first kappa shape index (κ1) is 12.0. The molecular weight excluding hydrogens is 212 g/mol. The predicted molar refractivity (Wildman–Crippen MR) is 60.2 cm³/mol. The van der Waals surface area contributed by atoms with Gasteiger partial charge in [0.15, 0.2) is 0 Å². The lowest BCUT2D eigenvalue weighted by molar-refractivity contribution is -0.130. The molecule has 0 bridgehead atoms. The molecule has 0 saturated heterocycles. The molecule has 1 heterocycles. The van der Waals surface area contributed by atoms with Gasteiger partial charge in [0.25, 0.3) is 5.91 Å². The van der Waals surface area contributed by atoms with Gasteiger partial charge in [0.2, 0.25) is 0 Å². The van der Waals surface area contributed by atoms with Gasteiger partial charge in [0.1, 0.15) is 0 Å². The van der Waals surface area contributed by atoms with Crippen molar-refractivity contribution in [2.45, 2.75) is 12.7 Å². The Labute approximate surface area is 93.4 Å². The molecule has 0 atom stereocenters. The quantitative estimate of drug-likeness (QED) is 0.745. The number of nitrogens with zero attached hydrogens (tertiary/aromatic N) is 1. The average Bonchev–Trinajstić information content (AvgIpc) is 2.28. The molecule has 1 N–H and O–H groups in total. The smallest absolute Gasteiger partial charge is 0.253 e. The van der Waals surface area contributed by atoms with Crippen molar-refractivity contribution in [3.63, 3.8) is 0 Å². The number of rotatable bonds is 6. The summed E-state index contributed by atoms with van der Waals surface area (Å²) in [5.74, 6) is 1.08. The highest BCUT2D eigenvalue weighted by molar-refractivity contribution is 7.99. The molecule has 0 fully saturated rings. The SMILES string of the molecule is CCONC(=O)CSCc1cccnc1. The van der Waals surface area contributed by atoms with Crippen molar-refractivity contribution in [2.75, 3.05) is 12.4 Å². The molecule has 0 spiro atoms. The van der Waals surface area contributed by atoms with Crippen LogP contribution in [0.3, 0.4) is 0 Å². The third kappa shape index (κ3) is 5.39. The van der Waals surface area contributed by atoms with E-state index in [1.54, 1.807) is 12.4 Å². The van der Waals surface area contributed by atoms with E-state index in [0.29, 0.717) is 12.4 Å². The van der Waals surface area contributed by atoms with E-state index < -0.39 is 0 Å². The Hall–Kier alpha value is -1.07. The van der Waals surface area contributed by atoms with E-state index in [9.17, 15) is 4.79 Å². The van der Waals surface area contributed by atoms with Crippen LogP contribution in [0.1, 0.15) is 12.5 Å². The summed E-state index contributed by atoms with van der Waals surface area (Å²) in [6.07, 6.45) is 3.53. The lowest BCUT2D eigenvalue weighted by Gasteiger charge is -2.03. The second-order valence-electron chi connectivity index (χ2n) is 2.81. The minimum atomic E-state index is -0.106. The van der Waals surface area contributed by atoms with Crippen LogP contribution in [0.15, 0.2) is 24.5 Å². The summed E-state index contributed by atoms with van der Waals surface area (Å²) >= 11 is 1.53. The van der Waals surface area contributed by atoms with Crippen LogP contribution in [-0.4, -0.2) is 23.3 Å². The number of hydrogen-bond acceptors (Lipinski definition) is 4. The molecule has 1 rings (SSSR count). The highest BCUT2D eigenvalue weighted by atomic mass is 32.2. The Morgan fingerprint density at radius 3 is 3.20 bits per heavy atom. The second kappa shape index (κ2) is 7.25. The van der Waals surface area contributed by atoms with Crippen molar-refractivity contribution >= 4 is 17.7 Å². The molecule has 1 aromatic heterocycles. The van der Waals surface area contributed by atoms with Crippen LogP contribution < -0.4 is 5.48 Å². The molecule has 0 aliphatic heterocycles. The summed E-state index contributed by atoms with van der Waals surface area (Å²) in [7, 11) is 0. The first-order valence-electron chi connectivity index (χ1n) is 4.70. The third-order valence-electron chi connectivity index (χ3n) is 1.56. The molecule has 0 aromatic carbocycles. The molecule has 82 valence electrons. The monoisotopic (exact) mass is 226 g/mol. The summed E-state index contributed by atoms with van der Waals surface area (Å²) in [5, 5.41) is 0. The van der Waals surface area contributed by atoms with Crippen LogP contribution in [-0.2, 0) is 15.4 Å². The lowest BCUT2D eigenvalue weighted by Crippen LogP contribution is -2.25. The van der Waals surface area contributed by atoms with Crippen molar-refractivity contribution in [2.24, 2.45) is 0 Å². The van der Waals surface area contributed by atoms with Gasteiger partial charge in [-0.25, -0.2) is 5.48 Å². The van der Waals surface area contributed by atoms with Crippen molar-refractivity contribution in [3.05, 3.63) is 30.1 Å². The highest BCUT2D eigenvalue weighted by Gasteiger charge is 2.00. The van der Waals surface area contributed by atoms with Crippen LogP contribution in [0.2, 0.25) is 0 Å². The van der Waals surface area contributed by atoms with Gasteiger partial charge in [0, 0.05) is 18.1 Å². The fraction of sp³-hybridized carbons (Fsp3) is 0.400. The van der Waals surface area contributed by atoms with E-state index >= 15 is 0 Å². The van der Waals surface area contributed by atoms with E-state index in [1.165, 1.54) is 11.8 Å². The highest BCUT2D eigenvalue weighted by Crippen LogP contribution is 2.09. The number of hydroxylamine groups is 1. The van der Waals surface area contributed by atoms with E-state index in [-0.39, 0.29) is 5.91 Å². The molecule has 0 aliphatic carbocycles. The first-order chi connectivity index (χ1) is 7.33. The summed E-state index contributed by atoms with van der Waals surface area (Å²) in [6, 6.07) is 3.87. The van der Waals surface area contributed by atoms with Crippen molar-refractivity contribution in [1.82, 2.24) is 10.5 Å². The largest absolute Gasteiger partial charge is 0.274 e. The zero-order chi connectivity index (χ0) is 10.9. The molecule has 5 heteroatoms. The van der Waals surface area contributed by atoms with Crippen molar-refractivity contribution in [1.29, 1.82) is 0 Å². The normalized spacial score (nSPS) is 9.93. The van der Waals surface area contributed by atoms with Gasteiger partial charge < -0.3 is 0 Å². The van der Waals surface area contributed by atoms with Gasteiger partial charge >= 0.3 is 0 Å². The lowest BCUT2D eigenvalue weighted by atomic mass is 10.3. The maximum absolute atomic E-state index is 11.1. The van der Waals surface area contributed by atoms with Crippen LogP contribution in [0.25, 0.3) is 0 Å². The van der Waals surface area contributed by atoms with Gasteiger partial charge in [-0.1, -0.05) is 6.07 Å². The fourth-order valence-electron chi connectivity index (χ4n) is 0.927.